The second-order valence-corrected chi connectivity index (χ2v) is 4.56. The topological polar surface area (TPSA) is 78.9 Å². The van der Waals surface area contributed by atoms with Gasteiger partial charge in [0.25, 0.3) is 0 Å². The van der Waals surface area contributed by atoms with Crippen LogP contribution in [0.1, 0.15) is 11.1 Å². The summed E-state index contributed by atoms with van der Waals surface area (Å²) < 4.78 is 0. The fourth-order valence-electron chi connectivity index (χ4n) is 1.80. The lowest BCUT2D eigenvalue weighted by molar-refractivity contribution is 1.17. The van der Waals surface area contributed by atoms with E-state index in [-0.39, 0.29) is 5.28 Å². The Morgan fingerprint density at radius 2 is 2.25 bits per heavy atom. The van der Waals surface area contributed by atoms with Crippen molar-refractivity contribution in [2.45, 2.75) is 6.92 Å². The van der Waals surface area contributed by atoms with Crippen molar-refractivity contribution in [3.63, 3.8) is 0 Å². The van der Waals surface area contributed by atoms with Gasteiger partial charge < -0.3 is 4.98 Å². The van der Waals surface area contributed by atoms with Crippen molar-refractivity contribution in [3.05, 3.63) is 47.0 Å². The number of nitrogens with one attached hydrogen (secondary N) is 2. The number of aromatic amines is 1. The molecule has 0 unspecified atom stereocenters. The highest BCUT2D eigenvalue weighted by molar-refractivity contribution is 6.28. The van der Waals surface area contributed by atoms with E-state index in [0.29, 0.717) is 17.0 Å². The zero-order valence-electron chi connectivity index (χ0n) is 10.6. The first-order valence-electron chi connectivity index (χ1n) is 5.95. The Hall–Kier alpha value is -2.47. The molecular formula is C13H11ClN6. The third kappa shape index (κ3) is 2.60. The Kier molecular flexibility index (Phi) is 3.30. The number of imidazole rings is 1. The fourth-order valence-corrected chi connectivity index (χ4v) is 1.97. The van der Waals surface area contributed by atoms with Gasteiger partial charge in [-0.3, -0.25) is 5.43 Å². The zero-order valence-corrected chi connectivity index (χ0v) is 11.4. The summed E-state index contributed by atoms with van der Waals surface area (Å²) in [6.07, 6.45) is 3.24. The van der Waals surface area contributed by atoms with E-state index in [1.54, 1.807) is 6.21 Å². The van der Waals surface area contributed by atoms with Crippen molar-refractivity contribution in [1.82, 2.24) is 19.9 Å². The summed E-state index contributed by atoms with van der Waals surface area (Å²) in [6, 6.07) is 8.00. The summed E-state index contributed by atoms with van der Waals surface area (Å²) >= 11 is 5.84. The predicted octanol–water partition coefficient (Wildman–Crippen LogP) is 2.76. The first-order valence-corrected chi connectivity index (χ1v) is 6.32. The maximum absolute atomic E-state index is 5.84. The van der Waals surface area contributed by atoms with Gasteiger partial charge in [0.2, 0.25) is 5.28 Å². The number of H-pyrrole nitrogens is 1. The molecule has 0 amide bonds. The van der Waals surface area contributed by atoms with Gasteiger partial charge in [0.15, 0.2) is 17.0 Å². The average molecular weight is 287 g/mol. The van der Waals surface area contributed by atoms with E-state index in [9.17, 15) is 0 Å². The lowest BCUT2D eigenvalue weighted by atomic mass is 10.2. The molecule has 6 nitrogen and oxygen atoms in total. The largest absolute Gasteiger partial charge is 0.329 e. The molecule has 0 atom stereocenters. The van der Waals surface area contributed by atoms with Gasteiger partial charge in [-0.2, -0.15) is 15.1 Å². The van der Waals surface area contributed by atoms with Crippen LogP contribution in [0.4, 0.5) is 5.82 Å². The molecule has 0 saturated carbocycles. The molecule has 0 fully saturated rings. The van der Waals surface area contributed by atoms with Crippen LogP contribution in [0.15, 0.2) is 35.7 Å². The molecule has 0 aliphatic rings. The maximum atomic E-state index is 5.84. The van der Waals surface area contributed by atoms with Crippen LogP contribution in [0.5, 0.6) is 0 Å². The van der Waals surface area contributed by atoms with Crippen LogP contribution in [0, 0.1) is 6.92 Å². The number of aryl methyl sites for hydroxylation is 1. The first kappa shape index (κ1) is 12.6. The summed E-state index contributed by atoms with van der Waals surface area (Å²) in [5.74, 6) is 0.463. The van der Waals surface area contributed by atoms with E-state index in [4.69, 9.17) is 11.6 Å². The molecule has 0 spiro atoms. The zero-order chi connectivity index (χ0) is 13.9. The van der Waals surface area contributed by atoms with E-state index >= 15 is 0 Å². The Labute approximate surface area is 119 Å². The molecule has 100 valence electrons. The number of rotatable bonds is 3. The number of hydrogen-bond donors (Lipinski definition) is 2. The number of fused-ring (bicyclic) bond motifs is 1. The van der Waals surface area contributed by atoms with Crippen molar-refractivity contribution >= 4 is 34.8 Å². The molecule has 2 N–H and O–H groups in total. The Bertz CT molecular complexity index is 779. The molecule has 20 heavy (non-hydrogen) atoms. The lowest BCUT2D eigenvalue weighted by Crippen LogP contribution is -1.97. The summed E-state index contributed by atoms with van der Waals surface area (Å²) in [5.41, 5.74) is 6.17. The quantitative estimate of drug-likeness (QED) is 0.441. The number of benzene rings is 1. The molecule has 0 saturated heterocycles. The summed E-state index contributed by atoms with van der Waals surface area (Å²) in [7, 11) is 0. The van der Waals surface area contributed by atoms with Crippen molar-refractivity contribution < 1.29 is 0 Å². The predicted molar refractivity (Wildman–Crippen MR) is 79.1 cm³/mol. The minimum absolute atomic E-state index is 0.134. The Morgan fingerprint density at radius 1 is 1.35 bits per heavy atom. The SMILES string of the molecule is Cc1cccc(C=NNc2nc(Cl)nc3[nH]cnc23)c1. The lowest BCUT2D eigenvalue weighted by Gasteiger charge is -2.00. The number of hydrazone groups is 1. The highest BCUT2D eigenvalue weighted by atomic mass is 35.5. The van der Waals surface area contributed by atoms with E-state index in [1.807, 2.05) is 31.2 Å². The second kappa shape index (κ2) is 5.26. The minimum Gasteiger partial charge on any atom is -0.329 e. The van der Waals surface area contributed by atoms with Gasteiger partial charge in [-0.15, -0.1) is 0 Å². The summed E-state index contributed by atoms with van der Waals surface area (Å²) in [6.45, 7) is 2.03. The average Bonchev–Trinajstić information content (AvgIpc) is 2.87. The van der Waals surface area contributed by atoms with Gasteiger partial charge in [0.1, 0.15) is 0 Å². The van der Waals surface area contributed by atoms with Gasteiger partial charge >= 0.3 is 0 Å². The number of aromatic nitrogens is 4. The van der Waals surface area contributed by atoms with Crippen LogP contribution >= 0.6 is 11.6 Å². The summed E-state index contributed by atoms with van der Waals surface area (Å²) in [5, 5.41) is 4.28. The molecule has 0 aliphatic carbocycles. The Morgan fingerprint density at radius 3 is 3.10 bits per heavy atom. The van der Waals surface area contributed by atoms with Gasteiger partial charge in [-0.1, -0.05) is 29.8 Å². The fraction of sp³-hybridized carbons (Fsp3) is 0.0769. The molecule has 0 aliphatic heterocycles. The first-order chi connectivity index (χ1) is 9.72. The van der Waals surface area contributed by atoms with Crippen LogP contribution in [0.3, 0.4) is 0 Å². The molecule has 3 aromatic rings. The van der Waals surface area contributed by atoms with Crippen molar-refractivity contribution in [3.8, 4) is 0 Å². The number of hydrogen-bond acceptors (Lipinski definition) is 5. The van der Waals surface area contributed by atoms with Crippen LogP contribution in [-0.2, 0) is 0 Å². The van der Waals surface area contributed by atoms with Gasteiger partial charge in [0.05, 0.1) is 12.5 Å². The molecular weight excluding hydrogens is 276 g/mol. The van der Waals surface area contributed by atoms with Gasteiger partial charge in [0, 0.05) is 0 Å². The standard InChI is InChI=1S/C13H11ClN6/c1-8-3-2-4-9(5-8)6-17-20-12-10-11(16-7-15-10)18-13(14)19-12/h2-7H,1H3,(H2,15,16,18,19,20). The summed E-state index contributed by atoms with van der Waals surface area (Å²) in [4.78, 5) is 15.1. The molecule has 0 radical (unpaired) electrons. The number of nitrogens with zero attached hydrogens (tertiary/aromatic N) is 4. The van der Waals surface area contributed by atoms with Crippen molar-refractivity contribution in [1.29, 1.82) is 0 Å². The smallest absolute Gasteiger partial charge is 0.226 e. The maximum Gasteiger partial charge on any atom is 0.226 e. The van der Waals surface area contributed by atoms with Crippen LogP contribution in [-0.4, -0.2) is 26.2 Å². The Balaban J connectivity index is 1.85. The van der Waals surface area contributed by atoms with E-state index < -0.39 is 0 Å². The molecule has 7 heteroatoms. The number of anilines is 1. The van der Waals surface area contributed by atoms with Crippen LogP contribution in [0.2, 0.25) is 5.28 Å². The second-order valence-electron chi connectivity index (χ2n) is 4.23. The van der Waals surface area contributed by atoms with Crippen LogP contribution < -0.4 is 5.43 Å². The van der Waals surface area contributed by atoms with Crippen molar-refractivity contribution in [2.75, 3.05) is 5.43 Å². The van der Waals surface area contributed by atoms with E-state index in [1.165, 1.54) is 11.9 Å². The number of halogens is 1. The van der Waals surface area contributed by atoms with E-state index in [0.717, 1.165) is 5.56 Å². The van der Waals surface area contributed by atoms with Crippen LogP contribution in [0.25, 0.3) is 11.2 Å². The molecule has 3 rings (SSSR count). The monoisotopic (exact) mass is 286 g/mol. The van der Waals surface area contributed by atoms with Gasteiger partial charge in [-0.05, 0) is 24.1 Å². The third-order valence-electron chi connectivity index (χ3n) is 2.68. The molecule has 2 heterocycles. The highest BCUT2D eigenvalue weighted by Crippen LogP contribution is 2.18. The van der Waals surface area contributed by atoms with E-state index in [2.05, 4.69) is 30.5 Å². The molecule has 2 aromatic heterocycles. The highest BCUT2D eigenvalue weighted by Gasteiger charge is 2.07. The normalized spacial score (nSPS) is 11.3. The molecule has 1 aromatic carbocycles. The third-order valence-corrected chi connectivity index (χ3v) is 2.85. The van der Waals surface area contributed by atoms with Crippen molar-refractivity contribution in [2.24, 2.45) is 5.10 Å². The molecule has 0 bridgehead atoms. The minimum atomic E-state index is 0.134. The van der Waals surface area contributed by atoms with Gasteiger partial charge in [-0.25, -0.2) is 4.98 Å².